The first-order valence-electron chi connectivity index (χ1n) is 5.67. The Kier molecular flexibility index (Phi) is 4.91. The van der Waals surface area contributed by atoms with Crippen LogP contribution in [-0.4, -0.2) is 7.11 Å². The average Bonchev–Trinajstić information content (AvgIpc) is 2.40. The fourth-order valence-electron chi connectivity index (χ4n) is 1.89. The van der Waals surface area contributed by atoms with E-state index in [1.54, 1.807) is 24.3 Å². The monoisotopic (exact) mass is 377 g/mol. The number of nitrogens with two attached hydrogens (primary N) is 1. The molecule has 1 unspecified atom stereocenters. The molecule has 0 aromatic heterocycles. The lowest BCUT2D eigenvalue weighted by Gasteiger charge is -2.18. The van der Waals surface area contributed by atoms with Crippen molar-refractivity contribution in [2.75, 3.05) is 7.11 Å². The Morgan fingerprint density at radius 2 is 1.90 bits per heavy atom. The highest BCUT2D eigenvalue weighted by atomic mass is 79.9. The molecule has 106 valence electrons. The molecule has 0 saturated heterocycles. The van der Waals surface area contributed by atoms with E-state index in [9.17, 15) is 4.39 Å². The van der Waals surface area contributed by atoms with E-state index in [0.29, 0.717) is 31.4 Å². The third-order valence-corrected chi connectivity index (χ3v) is 4.08. The summed E-state index contributed by atoms with van der Waals surface area (Å²) in [5, 5.41) is 0.978. The highest BCUT2D eigenvalue weighted by molar-refractivity contribution is 9.10. The third-order valence-electron chi connectivity index (χ3n) is 2.91. The fraction of sp³-hybridized carbons (Fsp3) is 0.143. The zero-order chi connectivity index (χ0) is 14.9. The van der Waals surface area contributed by atoms with Gasteiger partial charge in [-0.15, -0.1) is 0 Å². The van der Waals surface area contributed by atoms with Crippen LogP contribution in [0, 0.1) is 5.82 Å². The van der Waals surface area contributed by atoms with Gasteiger partial charge in [0.25, 0.3) is 0 Å². The zero-order valence-corrected chi connectivity index (χ0v) is 13.6. The molecule has 1 atom stereocenters. The summed E-state index contributed by atoms with van der Waals surface area (Å²) in [6.45, 7) is 0. The molecule has 0 aliphatic rings. The van der Waals surface area contributed by atoms with Crippen molar-refractivity contribution in [3.8, 4) is 5.75 Å². The molecule has 0 heterocycles. The first-order chi connectivity index (χ1) is 9.43. The summed E-state index contributed by atoms with van der Waals surface area (Å²) >= 11 is 15.2. The maximum Gasteiger partial charge on any atom is 0.141 e. The molecule has 0 saturated carbocycles. The van der Waals surface area contributed by atoms with Crippen LogP contribution in [-0.2, 0) is 0 Å². The Hall–Kier alpha value is -0.810. The Balaban J connectivity index is 2.52. The minimum Gasteiger partial charge on any atom is -0.496 e. The van der Waals surface area contributed by atoms with Gasteiger partial charge in [0.2, 0.25) is 0 Å². The first-order valence-corrected chi connectivity index (χ1v) is 7.22. The predicted octanol–water partition coefficient (Wildman–Crippen LogP) is 4.95. The molecule has 2 N–H and O–H groups in total. The quantitative estimate of drug-likeness (QED) is 0.819. The number of hydrogen-bond donors (Lipinski definition) is 1. The van der Waals surface area contributed by atoms with E-state index < -0.39 is 11.9 Å². The highest BCUT2D eigenvalue weighted by Crippen LogP contribution is 2.35. The summed E-state index contributed by atoms with van der Waals surface area (Å²) < 4.78 is 19.0. The normalized spacial score (nSPS) is 12.3. The van der Waals surface area contributed by atoms with Gasteiger partial charge in [0, 0.05) is 21.7 Å². The number of halogens is 4. The van der Waals surface area contributed by atoms with Gasteiger partial charge in [-0.3, -0.25) is 0 Å². The summed E-state index contributed by atoms with van der Waals surface area (Å²) in [4.78, 5) is 0. The fourth-order valence-corrected chi connectivity index (χ4v) is 2.77. The largest absolute Gasteiger partial charge is 0.496 e. The molecule has 6 heteroatoms. The van der Waals surface area contributed by atoms with E-state index >= 15 is 0 Å². The number of benzene rings is 2. The van der Waals surface area contributed by atoms with Gasteiger partial charge in [0.15, 0.2) is 0 Å². The van der Waals surface area contributed by atoms with Gasteiger partial charge < -0.3 is 10.5 Å². The standard InChI is InChI=1S/C14H11BrCl2FNO/c1-20-13-6-12(18)10(15)5-9(13)14(19)8-3-2-7(16)4-11(8)17/h2-6,14H,19H2,1H3. The number of rotatable bonds is 3. The second-order valence-corrected chi connectivity index (χ2v) is 5.85. The lowest BCUT2D eigenvalue weighted by molar-refractivity contribution is 0.404. The van der Waals surface area contributed by atoms with Crippen LogP contribution in [0.4, 0.5) is 4.39 Å². The summed E-state index contributed by atoms with van der Waals surface area (Å²) in [7, 11) is 1.46. The Morgan fingerprint density at radius 3 is 2.50 bits per heavy atom. The molecule has 0 bridgehead atoms. The van der Waals surface area contributed by atoms with Crippen molar-refractivity contribution in [3.05, 3.63) is 61.8 Å². The summed E-state index contributed by atoms with van der Waals surface area (Å²) in [5.74, 6) is -0.0516. The lowest BCUT2D eigenvalue weighted by atomic mass is 9.98. The molecule has 2 aromatic rings. The molecule has 0 amide bonds. The molecule has 2 nitrogen and oxygen atoms in total. The minimum atomic E-state index is -0.549. The Labute approximate surface area is 134 Å². The van der Waals surface area contributed by atoms with Crippen LogP contribution in [0.25, 0.3) is 0 Å². The van der Waals surface area contributed by atoms with Gasteiger partial charge in [0.1, 0.15) is 11.6 Å². The van der Waals surface area contributed by atoms with Gasteiger partial charge in [-0.05, 0) is 39.7 Å². The number of ether oxygens (including phenoxy) is 1. The highest BCUT2D eigenvalue weighted by Gasteiger charge is 2.19. The van der Waals surface area contributed by atoms with Crippen LogP contribution in [0.3, 0.4) is 0 Å². The van der Waals surface area contributed by atoms with Crippen molar-refractivity contribution in [2.45, 2.75) is 6.04 Å². The topological polar surface area (TPSA) is 35.2 Å². The summed E-state index contributed by atoms with van der Waals surface area (Å²) in [6, 6.07) is 7.38. The molecule has 0 radical (unpaired) electrons. The maximum atomic E-state index is 13.5. The molecule has 0 spiro atoms. The third kappa shape index (κ3) is 3.09. The predicted molar refractivity (Wildman–Crippen MR) is 83.1 cm³/mol. The van der Waals surface area contributed by atoms with Gasteiger partial charge in [-0.1, -0.05) is 29.3 Å². The van der Waals surface area contributed by atoms with Crippen molar-refractivity contribution in [2.24, 2.45) is 5.73 Å². The second kappa shape index (κ2) is 6.31. The Morgan fingerprint density at radius 1 is 1.20 bits per heavy atom. The number of methoxy groups -OCH3 is 1. The lowest BCUT2D eigenvalue weighted by Crippen LogP contribution is -2.14. The molecule has 2 aromatic carbocycles. The van der Waals surface area contributed by atoms with Crippen molar-refractivity contribution in [1.82, 2.24) is 0 Å². The molecule has 20 heavy (non-hydrogen) atoms. The van der Waals surface area contributed by atoms with Gasteiger partial charge >= 0.3 is 0 Å². The average molecular weight is 379 g/mol. The van der Waals surface area contributed by atoms with Crippen LogP contribution in [0.15, 0.2) is 34.8 Å². The molecule has 0 fully saturated rings. The molecular weight excluding hydrogens is 368 g/mol. The van der Waals surface area contributed by atoms with Crippen LogP contribution < -0.4 is 10.5 Å². The van der Waals surface area contributed by atoms with Crippen molar-refractivity contribution >= 4 is 39.1 Å². The van der Waals surface area contributed by atoms with Gasteiger partial charge in [-0.2, -0.15) is 0 Å². The first kappa shape index (κ1) is 15.6. The van der Waals surface area contributed by atoms with E-state index in [0.717, 1.165) is 0 Å². The maximum absolute atomic E-state index is 13.5. The minimum absolute atomic E-state index is 0.314. The smallest absolute Gasteiger partial charge is 0.141 e. The molecule has 0 aliphatic heterocycles. The van der Waals surface area contributed by atoms with Crippen LogP contribution in [0.5, 0.6) is 5.75 Å². The van der Waals surface area contributed by atoms with Crippen molar-refractivity contribution in [3.63, 3.8) is 0 Å². The van der Waals surface area contributed by atoms with Crippen molar-refractivity contribution in [1.29, 1.82) is 0 Å². The van der Waals surface area contributed by atoms with Gasteiger partial charge in [0.05, 0.1) is 17.6 Å². The zero-order valence-electron chi connectivity index (χ0n) is 10.5. The van der Waals surface area contributed by atoms with E-state index in [4.69, 9.17) is 33.7 Å². The van der Waals surface area contributed by atoms with Crippen molar-refractivity contribution < 1.29 is 9.13 Å². The van der Waals surface area contributed by atoms with Crippen LogP contribution >= 0.6 is 39.1 Å². The second-order valence-electron chi connectivity index (χ2n) is 4.15. The van der Waals surface area contributed by atoms with E-state index in [1.165, 1.54) is 13.2 Å². The van der Waals surface area contributed by atoms with Gasteiger partial charge in [-0.25, -0.2) is 4.39 Å². The van der Waals surface area contributed by atoms with E-state index in [1.807, 2.05) is 0 Å². The molecule has 0 aliphatic carbocycles. The van der Waals surface area contributed by atoms with Crippen LogP contribution in [0.1, 0.15) is 17.2 Å². The summed E-state index contributed by atoms with van der Waals surface area (Å²) in [5.41, 5.74) is 7.53. The number of hydrogen-bond acceptors (Lipinski definition) is 2. The summed E-state index contributed by atoms with van der Waals surface area (Å²) in [6.07, 6.45) is 0. The van der Waals surface area contributed by atoms with Crippen LogP contribution in [0.2, 0.25) is 10.0 Å². The van der Waals surface area contributed by atoms with E-state index in [2.05, 4.69) is 15.9 Å². The van der Waals surface area contributed by atoms with E-state index in [-0.39, 0.29) is 0 Å². The molecular formula is C14H11BrCl2FNO. The molecule has 2 rings (SSSR count). The SMILES string of the molecule is COc1cc(F)c(Br)cc1C(N)c1ccc(Cl)cc1Cl. The Bertz CT molecular complexity index is 651.